The number of carbonyl (C=O) groups is 1. The van der Waals surface area contributed by atoms with Crippen LogP contribution in [0.5, 0.6) is 0 Å². The number of ether oxygens (including phenoxy) is 1. The number of carbonyl (C=O) groups excluding carboxylic acids is 1. The molecule has 0 saturated heterocycles. The molecule has 0 aromatic carbocycles. The molecular weight excluding hydrogens is 297 g/mol. The van der Waals surface area contributed by atoms with E-state index in [1.165, 1.54) is 0 Å². The van der Waals surface area contributed by atoms with Gasteiger partial charge in [0.25, 0.3) is 0 Å². The molecule has 84 valence electrons. The second kappa shape index (κ2) is 4.52. The number of hydrogen-bond donors (Lipinski definition) is 0. The molecule has 0 amide bonds. The summed E-state index contributed by atoms with van der Waals surface area (Å²) in [5.74, 6) is -0.745. The topological polar surface area (TPSA) is 26.3 Å². The number of methoxy groups -OCH3 is 1. The summed E-state index contributed by atoms with van der Waals surface area (Å²) in [7, 11) is 1.13. The van der Waals surface area contributed by atoms with Gasteiger partial charge in [0.1, 0.15) is 9.75 Å². The van der Waals surface area contributed by atoms with Crippen molar-refractivity contribution in [2.24, 2.45) is 0 Å². The van der Waals surface area contributed by atoms with Crippen LogP contribution in [0.4, 0.5) is 13.2 Å². The molecule has 0 radical (unpaired) electrons. The summed E-state index contributed by atoms with van der Waals surface area (Å²) in [6, 6.07) is 0.950. The molecule has 0 fully saturated rings. The number of esters is 1. The lowest BCUT2D eigenvalue weighted by atomic mass is 10.2. The monoisotopic (exact) mass is 302 g/mol. The summed E-state index contributed by atoms with van der Waals surface area (Å²) in [6.07, 6.45) is -4.42. The fourth-order valence-corrected chi connectivity index (χ4v) is 2.53. The van der Waals surface area contributed by atoms with Crippen LogP contribution in [-0.2, 0) is 16.2 Å². The van der Waals surface area contributed by atoms with Gasteiger partial charge in [-0.1, -0.05) is 15.9 Å². The average Bonchev–Trinajstić information content (AvgIpc) is 2.59. The van der Waals surface area contributed by atoms with E-state index in [1.807, 2.05) is 0 Å². The van der Waals surface area contributed by atoms with E-state index in [0.717, 1.165) is 13.2 Å². The molecule has 7 heteroatoms. The average molecular weight is 303 g/mol. The summed E-state index contributed by atoms with van der Waals surface area (Å²) in [5, 5.41) is 0.185. The number of halogens is 4. The summed E-state index contributed by atoms with van der Waals surface area (Å²) in [5.41, 5.74) is 0.291. The summed E-state index contributed by atoms with van der Waals surface area (Å²) in [6.45, 7) is 0. The molecular formula is C8H6BrF3O2S. The quantitative estimate of drug-likeness (QED) is 0.618. The van der Waals surface area contributed by atoms with E-state index in [4.69, 9.17) is 0 Å². The van der Waals surface area contributed by atoms with Crippen molar-refractivity contribution < 1.29 is 22.7 Å². The maximum Gasteiger partial charge on any atom is 0.425 e. The first-order chi connectivity index (χ1) is 6.90. The van der Waals surface area contributed by atoms with Gasteiger partial charge in [0, 0.05) is 5.33 Å². The molecule has 15 heavy (non-hydrogen) atoms. The Labute approximate surface area is 96.2 Å². The Kier molecular flexibility index (Phi) is 3.77. The zero-order chi connectivity index (χ0) is 11.6. The van der Waals surface area contributed by atoms with Gasteiger partial charge < -0.3 is 4.74 Å². The smallest absolute Gasteiger partial charge is 0.425 e. The molecule has 1 rings (SSSR count). The molecule has 1 aromatic rings. The highest BCUT2D eigenvalue weighted by Gasteiger charge is 2.34. The normalized spacial score (nSPS) is 11.5. The van der Waals surface area contributed by atoms with Gasteiger partial charge in [-0.05, 0) is 11.6 Å². The predicted molar refractivity (Wildman–Crippen MR) is 53.3 cm³/mol. The maximum absolute atomic E-state index is 12.3. The Bertz CT molecular complexity index is 372. The first-order valence-electron chi connectivity index (χ1n) is 3.74. The molecule has 0 aliphatic rings. The van der Waals surface area contributed by atoms with E-state index >= 15 is 0 Å². The largest absolute Gasteiger partial charge is 0.465 e. The molecule has 0 saturated carbocycles. The van der Waals surface area contributed by atoms with Crippen molar-refractivity contribution in [2.45, 2.75) is 11.5 Å². The summed E-state index contributed by atoms with van der Waals surface area (Å²) < 4.78 is 41.4. The third-order valence-corrected chi connectivity index (χ3v) is 3.41. The zero-order valence-corrected chi connectivity index (χ0v) is 9.92. The fraction of sp³-hybridized carbons (Fsp3) is 0.375. The number of rotatable bonds is 2. The Morgan fingerprint density at radius 3 is 2.60 bits per heavy atom. The van der Waals surface area contributed by atoms with E-state index in [2.05, 4.69) is 20.7 Å². The van der Waals surface area contributed by atoms with Crippen molar-refractivity contribution in [3.63, 3.8) is 0 Å². The molecule has 0 spiro atoms. The summed E-state index contributed by atoms with van der Waals surface area (Å²) >= 11 is 3.41. The van der Waals surface area contributed by atoms with Crippen LogP contribution >= 0.6 is 27.3 Å². The minimum Gasteiger partial charge on any atom is -0.465 e. The van der Waals surface area contributed by atoms with E-state index < -0.39 is 17.0 Å². The van der Waals surface area contributed by atoms with Gasteiger partial charge in [0.2, 0.25) is 0 Å². The molecule has 0 N–H and O–H groups in total. The third-order valence-electron chi connectivity index (χ3n) is 1.60. The molecule has 0 bridgehead atoms. The van der Waals surface area contributed by atoms with Crippen LogP contribution in [0.2, 0.25) is 0 Å². The van der Waals surface area contributed by atoms with Crippen molar-refractivity contribution in [2.75, 3.05) is 7.11 Å². The van der Waals surface area contributed by atoms with Crippen molar-refractivity contribution in [3.05, 3.63) is 21.4 Å². The molecule has 2 nitrogen and oxygen atoms in total. The van der Waals surface area contributed by atoms with Crippen LogP contribution in [0.1, 0.15) is 20.1 Å². The Morgan fingerprint density at radius 1 is 1.60 bits per heavy atom. The van der Waals surface area contributed by atoms with Crippen LogP contribution < -0.4 is 0 Å². The van der Waals surface area contributed by atoms with E-state index in [-0.39, 0.29) is 10.2 Å². The van der Waals surface area contributed by atoms with Gasteiger partial charge >= 0.3 is 12.1 Å². The minimum absolute atomic E-state index is 0.0123. The van der Waals surface area contributed by atoms with E-state index in [0.29, 0.717) is 16.9 Å². The SMILES string of the molecule is COC(=O)c1sc(C(F)(F)F)cc1CBr. The van der Waals surface area contributed by atoms with Gasteiger partial charge in [-0.2, -0.15) is 13.2 Å². The van der Waals surface area contributed by atoms with Gasteiger partial charge in [0.15, 0.2) is 0 Å². The van der Waals surface area contributed by atoms with Crippen molar-refractivity contribution in [1.29, 1.82) is 0 Å². The standard InChI is InChI=1S/C8H6BrF3O2S/c1-14-7(13)6-4(3-9)2-5(15-6)8(10,11)12/h2H,3H2,1H3. The van der Waals surface area contributed by atoms with Gasteiger partial charge in [-0.15, -0.1) is 11.3 Å². The number of hydrogen-bond acceptors (Lipinski definition) is 3. The summed E-state index contributed by atoms with van der Waals surface area (Å²) in [4.78, 5) is 10.3. The maximum atomic E-state index is 12.3. The van der Waals surface area contributed by atoms with E-state index in [9.17, 15) is 18.0 Å². The number of alkyl halides is 4. The first kappa shape index (κ1) is 12.5. The molecule has 1 aromatic heterocycles. The first-order valence-corrected chi connectivity index (χ1v) is 5.68. The second-order valence-corrected chi connectivity index (χ2v) is 4.20. The zero-order valence-electron chi connectivity index (χ0n) is 7.52. The van der Waals surface area contributed by atoms with E-state index in [1.54, 1.807) is 0 Å². The molecule has 0 unspecified atom stereocenters. The van der Waals surface area contributed by atoms with Crippen molar-refractivity contribution >= 4 is 33.2 Å². The lowest BCUT2D eigenvalue weighted by Gasteiger charge is -2.00. The van der Waals surface area contributed by atoms with Gasteiger partial charge in [-0.3, -0.25) is 0 Å². The van der Waals surface area contributed by atoms with Crippen LogP contribution in [0.3, 0.4) is 0 Å². The predicted octanol–water partition coefficient (Wildman–Crippen LogP) is 3.45. The highest BCUT2D eigenvalue weighted by molar-refractivity contribution is 9.08. The minimum atomic E-state index is -4.42. The highest BCUT2D eigenvalue weighted by atomic mass is 79.9. The van der Waals surface area contributed by atoms with Crippen LogP contribution in [0.15, 0.2) is 6.07 Å². The molecule has 0 aliphatic heterocycles. The molecule has 0 atom stereocenters. The number of thiophene rings is 1. The second-order valence-electron chi connectivity index (χ2n) is 2.59. The fourth-order valence-electron chi connectivity index (χ4n) is 0.933. The van der Waals surface area contributed by atoms with Crippen LogP contribution in [0, 0.1) is 0 Å². The third kappa shape index (κ3) is 2.72. The highest BCUT2D eigenvalue weighted by Crippen LogP contribution is 2.37. The Hall–Kier alpha value is -0.560. The van der Waals surface area contributed by atoms with Crippen molar-refractivity contribution in [3.8, 4) is 0 Å². The Balaban J connectivity index is 3.17. The molecule has 0 aliphatic carbocycles. The van der Waals surface area contributed by atoms with Gasteiger partial charge in [-0.25, -0.2) is 4.79 Å². The lowest BCUT2D eigenvalue weighted by molar-refractivity contribution is -0.134. The van der Waals surface area contributed by atoms with Gasteiger partial charge in [0.05, 0.1) is 7.11 Å². The van der Waals surface area contributed by atoms with Crippen molar-refractivity contribution in [1.82, 2.24) is 0 Å². The van der Waals surface area contributed by atoms with Crippen LogP contribution in [-0.4, -0.2) is 13.1 Å². The molecule has 1 heterocycles. The lowest BCUT2D eigenvalue weighted by Crippen LogP contribution is -2.01. The Morgan fingerprint density at radius 2 is 2.20 bits per heavy atom. The van der Waals surface area contributed by atoms with Crippen LogP contribution in [0.25, 0.3) is 0 Å².